The van der Waals surface area contributed by atoms with Crippen molar-refractivity contribution < 1.29 is 24.1 Å². The van der Waals surface area contributed by atoms with Gasteiger partial charge < -0.3 is 19.3 Å². The van der Waals surface area contributed by atoms with Crippen molar-refractivity contribution in [3.05, 3.63) is 22.8 Å². The Morgan fingerprint density at radius 1 is 1.29 bits per heavy atom. The van der Waals surface area contributed by atoms with Gasteiger partial charge in [0.25, 0.3) is 0 Å². The lowest BCUT2D eigenvalue weighted by Crippen LogP contribution is -2.11. The fourth-order valence-corrected chi connectivity index (χ4v) is 1.47. The first kappa shape index (κ1) is 13.3. The molecule has 0 amide bonds. The Hall–Kier alpha value is -1.75. The van der Waals surface area contributed by atoms with Crippen LogP contribution in [0.5, 0.6) is 11.5 Å². The Morgan fingerprint density at radius 3 is 2.47 bits per heavy atom. The third-order valence-corrected chi connectivity index (χ3v) is 2.57. The number of carbonyl (C=O) groups is 1. The van der Waals surface area contributed by atoms with E-state index >= 15 is 0 Å². The predicted molar refractivity (Wildman–Crippen MR) is 61.4 cm³/mol. The van der Waals surface area contributed by atoms with Gasteiger partial charge in [0.1, 0.15) is 17.1 Å². The molecule has 1 N–H and O–H groups in total. The average Bonchev–Trinajstić information content (AvgIpc) is 2.32. The van der Waals surface area contributed by atoms with E-state index in [0.29, 0.717) is 16.7 Å². The molecule has 1 aromatic rings. The van der Waals surface area contributed by atoms with Gasteiger partial charge in [0, 0.05) is 13.2 Å². The Morgan fingerprint density at radius 2 is 1.94 bits per heavy atom. The summed E-state index contributed by atoms with van der Waals surface area (Å²) in [5.74, 6) is -0.168. The highest BCUT2D eigenvalue weighted by molar-refractivity contribution is 5.95. The fourth-order valence-electron chi connectivity index (χ4n) is 1.47. The minimum absolute atomic E-state index is 0.0858. The first-order valence-electron chi connectivity index (χ1n) is 5.06. The molecule has 0 unspecified atom stereocenters. The lowest BCUT2D eigenvalue weighted by Gasteiger charge is -2.14. The van der Waals surface area contributed by atoms with Crippen LogP contribution in [-0.2, 0) is 9.47 Å². The topological polar surface area (TPSA) is 65.0 Å². The summed E-state index contributed by atoms with van der Waals surface area (Å²) >= 11 is 0. The van der Waals surface area contributed by atoms with E-state index in [1.807, 2.05) is 0 Å². The third kappa shape index (κ3) is 2.68. The quantitative estimate of drug-likeness (QED) is 0.642. The minimum atomic E-state index is -0.538. The third-order valence-electron chi connectivity index (χ3n) is 2.57. The molecule has 0 aliphatic carbocycles. The second kappa shape index (κ2) is 5.54. The molecule has 0 aliphatic heterocycles. The molecule has 0 saturated heterocycles. The molecule has 0 fully saturated rings. The van der Waals surface area contributed by atoms with Crippen LogP contribution in [0.25, 0.3) is 0 Å². The Labute approximate surface area is 99.9 Å². The minimum Gasteiger partial charge on any atom is -0.508 e. The molecule has 5 heteroatoms. The van der Waals surface area contributed by atoms with Gasteiger partial charge in [-0.1, -0.05) is 0 Å². The molecular weight excluding hydrogens is 224 g/mol. The summed E-state index contributed by atoms with van der Waals surface area (Å²) in [6, 6.07) is 1.39. The molecule has 0 aromatic heterocycles. The van der Waals surface area contributed by atoms with Crippen molar-refractivity contribution in [2.45, 2.75) is 13.8 Å². The van der Waals surface area contributed by atoms with E-state index in [2.05, 4.69) is 4.74 Å². The molecule has 0 radical (unpaired) electrons. The number of esters is 1. The van der Waals surface area contributed by atoms with Crippen LogP contribution >= 0.6 is 0 Å². The molecule has 5 nitrogen and oxygen atoms in total. The van der Waals surface area contributed by atoms with Gasteiger partial charge in [-0.15, -0.1) is 0 Å². The molecular formula is C12H16O5. The second-order valence-electron chi connectivity index (χ2n) is 3.56. The molecule has 0 heterocycles. The highest BCUT2D eigenvalue weighted by Gasteiger charge is 2.20. The summed E-state index contributed by atoms with van der Waals surface area (Å²) in [6.07, 6.45) is 0. The monoisotopic (exact) mass is 240 g/mol. The molecule has 0 spiro atoms. The van der Waals surface area contributed by atoms with E-state index in [9.17, 15) is 9.90 Å². The SMILES string of the molecule is COCOC(=O)c1c(OC)cc(O)c(C)c1C. The number of methoxy groups -OCH3 is 2. The summed E-state index contributed by atoms with van der Waals surface area (Å²) < 4.78 is 14.6. The van der Waals surface area contributed by atoms with Gasteiger partial charge in [-0.2, -0.15) is 0 Å². The second-order valence-corrected chi connectivity index (χ2v) is 3.56. The van der Waals surface area contributed by atoms with Crippen molar-refractivity contribution in [3.8, 4) is 11.5 Å². The van der Waals surface area contributed by atoms with Gasteiger partial charge >= 0.3 is 5.97 Å². The number of aromatic hydroxyl groups is 1. The maximum absolute atomic E-state index is 11.8. The molecule has 94 valence electrons. The number of benzene rings is 1. The molecule has 0 bridgehead atoms. The van der Waals surface area contributed by atoms with Crippen molar-refractivity contribution >= 4 is 5.97 Å². The van der Waals surface area contributed by atoms with Crippen molar-refractivity contribution in [2.24, 2.45) is 0 Å². The van der Waals surface area contributed by atoms with E-state index < -0.39 is 5.97 Å². The van der Waals surface area contributed by atoms with Crippen LogP contribution in [-0.4, -0.2) is 32.1 Å². The number of hydrogen-bond donors (Lipinski definition) is 1. The summed E-state index contributed by atoms with van der Waals surface area (Å²) in [7, 11) is 2.86. The first-order chi connectivity index (χ1) is 8.02. The van der Waals surface area contributed by atoms with Crippen molar-refractivity contribution in [1.82, 2.24) is 0 Å². The van der Waals surface area contributed by atoms with Gasteiger partial charge in [-0.25, -0.2) is 4.79 Å². The van der Waals surface area contributed by atoms with Crippen LogP contribution in [0, 0.1) is 13.8 Å². The van der Waals surface area contributed by atoms with Crippen LogP contribution in [0.2, 0.25) is 0 Å². The molecule has 1 rings (SSSR count). The zero-order chi connectivity index (χ0) is 13.0. The van der Waals surface area contributed by atoms with Gasteiger partial charge in [0.2, 0.25) is 0 Å². The van der Waals surface area contributed by atoms with Gasteiger partial charge in [0.15, 0.2) is 6.79 Å². The number of phenolic OH excluding ortho intramolecular Hbond substituents is 1. The lowest BCUT2D eigenvalue weighted by molar-refractivity contribution is -0.0127. The summed E-state index contributed by atoms with van der Waals surface area (Å²) in [5.41, 5.74) is 1.55. The van der Waals surface area contributed by atoms with Crippen LogP contribution in [0.4, 0.5) is 0 Å². The highest BCUT2D eigenvalue weighted by atomic mass is 16.7. The molecule has 0 saturated carbocycles. The van der Waals surface area contributed by atoms with Crippen molar-refractivity contribution in [1.29, 1.82) is 0 Å². The summed E-state index contributed by atoms with van der Waals surface area (Å²) in [5, 5.41) is 9.64. The Bertz CT molecular complexity index is 425. The normalized spacial score (nSPS) is 10.1. The number of rotatable bonds is 4. The zero-order valence-electron chi connectivity index (χ0n) is 10.4. The van der Waals surface area contributed by atoms with Gasteiger partial charge in [0.05, 0.1) is 7.11 Å². The van der Waals surface area contributed by atoms with Gasteiger partial charge in [-0.3, -0.25) is 0 Å². The van der Waals surface area contributed by atoms with Crippen LogP contribution in [0.1, 0.15) is 21.5 Å². The first-order valence-corrected chi connectivity index (χ1v) is 5.06. The summed E-state index contributed by atoms with van der Waals surface area (Å²) in [4.78, 5) is 11.8. The largest absolute Gasteiger partial charge is 0.508 e. The molecule has 1 aromatic carbocycles. The van der Waals surface area contributed by atoms with E-state index in [1.54, 1.807) is 13.8 Å². The zero-order valence-corrected chi connectivity index (χ0v) is 10.4. The molecule has 17 heavy (non-hydrogen) atoms. The van der Waals surface area contributed by atoms with E-state index in [1.165, 1.54) is 20.3 Å². The fraction of sp³-hybridized carbons (Fsp3) is 0.417. The lowest BCUT2D eigenvalue weighted by atomic mass is 10.0. The number of phenols is 1. The number of ether oxygens (including phenoxy) is 3. The van der Waals surface area contributed by atoms with Crippen LogP contribution < -0.4 is 4.74 Å². The summed E-state index contributed by atoms with van der Waals surface area (Å²) in [6.45, 7) is 3.32. The van der Waals surface area contributed by atoms with E-state index in [-0.39, 0.29) is 18.3 Å². The van der Waals surface area contributed by atoms with Crippen molar-refractivity contribution in [3.63, 3.8) is 0 Å². The maximum Gasteiger partial charge on any atom is 0.344 e. The van der Waals surface area contributed by atoms with E-state index in [0.717, 1.165) is 0 Å². The average molecular weight is 240 g/mol. The van der Waals surface area contributed by atoms with Crippen LogP contribution in [0.3, 0.4) is 0 Å². The van der Waals surface area contributed by atoms with Crippen molar-refractivity contribution in [2.75, 3.05) is 21.0 Å². The smallest absolute Gasteiger partial charge is 0.344 e. The highest BCUT2D eigenvalue weighted by Crippen LogP contribution is 2.32. The van der Waals surface area contributed by atoms with Crippen LogP contribution in [0.15, 0.2) is 6.07 Å². The molecule has 0 atom stereocenters. The van der Waals surface area contributed by atoms with E-state index in [4.69, 9.17) is 9.47 Å². The molecule has 0 aliphatic rings. The Balaban J connectivity index is 3.21. The maximum atomic E-state index is 11.8. The van der Waals surface area contributed by atoms with Gasteiger partial charge in [-0.05, 0) is 25.0 Å². The number of hydrogen-bond acceptors (Lipinski definition) is 5. The predicted octanol–water partition coefficient (Wildman–Crippen LogP) is 1.78. The Kier molecular flexibility index (Phi) is 4.34. The number of carbonyl (C=O) groups excluding carboxylic acids is 1. The standard InChI is InChI=1S/C12H16O5/c1-7-8(2)11(12(14)17-6-15-3)10(16-4)5-9(7)13/h5,13H,6H2,1-4H3.